The van der Waals surface area contributed by atoms with Gasteiger partial charge in [-0.3, -0.25) is 25.8 Å². The summed E-state index contributed by atoms with van der Waals surface area (Å²) in [5, 5.41) is 2.54. The number of benzene rings is 3. The number of rotatable bonds is 3. The van der Waals surface area contributed by atoms with Gasteiger partial charge in [0, 0.05) is 11.1 Å². The van der Waals surface area contributed by atoms with E-state index < -0.39 is 0 Å². The Morgan fingerprint density at radius 3 is 1.74 bits per heavy atom. The predicted octanol–water partition coefficient (Wildman–Crippen LogP) is 3.30. The molecule has 0 aliphatic rings. The van der Waals surface area contributed by atoms with Crippen LogP contribution in [0.2, 0.25) is 0 Å². The van der Waals surface area contributed by atoms with Gasteiger partial charge in [-0.2, -0.15) is 0 Å². The van der Waals surface area contributed by atoms with Gasteiger partial charge in [-0.25, -0.2) is 0 Å². The Balaban J connectivity index is 1.54. The van der Waals surface area contributed by atoms with Crippen molar-refractivity contribution in [3.05, 3.63) is 96.1 Å². The number of carbonyl (C=O) groups is 2. The maximum Gasteiger partial charge on any atom is 0.269 e. The zero-order chi connectivity index (χ0) is 19.1. The van der Waals surface area contributed by atoms with Crippen molar-refractivity contribution in [1.82, 2.24) is 16.2 Å². The largest absolute Gasteiger partial charge is 0.298 e. The van der Waals surface area contributed by atoms with Crippen LogP contribution in [0.15, 0.2) is 84.9 Å². The quantitative estimate of drug-likeness (QED) is 0.485. The highest BCUT2D eigenvalue weighted by molar-refractivity contribution is 7.80. The number of nitrogens with one attached hydrogen (secondary N) is 3. The SMILES string of the molecule is O=C(NNC(=S)NC(=O)c1ccc(-c2ccccc2)cc1)c1ccccc1. The molecule has 27 heavy (non-hydrogen) atoms. The molecule has 134 valence electrons. The smallest absolute Gasteiger partial charge is 0.269 e. The molecule has 3 aromatic rings. The van der Waals surface area contributed by atoms with Gasteiger partial charge < -0.3 is 0 Å². The van der Waals surface area contributed by atoms with Crippen molar-refractivity contribution in [2.45, 2.75) is 0 Å². The molecule has 0 bridgehead atoms. The first-order chi connectivity index (χ1) is 13.1. The molecule has 0 aliphatic heterocycles. The van der Waals surface area contributed by atoms with E-state index in [2.05, 4.69) is 16.2 Å². The number of hydrazine groups is 1. The van der Waals surface area contributed by atoms with Crippen LogP contribution < -0.4 is 16.2 Å². The van der Waals surface area contributed by atoms with Crippen molar-refractivity contribution in [3.63, 3.8) is 0 Å². The van der Waals surface area contributed by atoms with Crippen molar-refractivity contribution < 1.29 is 9.59 Å². The summed E-state index contributed by atoms with van der Waals surface area (Å²) in [6.45, 7) is 0. The minimum absolute atomic E-state index is 0.0106. The summed E-state index contributed by atoms with van der Waals surface area (Å²) in [4.78, 5) is 24.2. The second kappa shape index (κ2) is 8.73. The van der Waals surface area contributed by atoms with Crippen LogP contribution in [0.25, 0.3) is 11.1 Å². The molecule has 0 aromatic heterocycles. The lowest BCUT2D eigenvalue weighted by atomic mass is 10.0. The Morgan fingerprint density at radius 1 is 0.593 bits per heavy atom. The molecule has 5 nitrogen and oxygen atoms in total. The molecule has 3 rings (SSSR count). The van der Waals surface area contributed by atoms with E-state index in [1.54, 1.807) is 36.4 Å². The zero-order valence-electron chi connectivity index (χ0n) is 14.3. The van der Waals surface area contributed by atoms with Crippen molar-refractivity contribution in [3.8, 4) is 11.1 Å². The van der Waals surface area contributed by atoms with E-state index in [1.165, 1.54) is 0 Å². The molecule has 3 N–H and O–H groups in total. The number of carbonyl (C=O) groups excluding carboxylic acids is 2. The van der Waals surface area contributed by atoms with Crippen LogP contribution in [0.3, 0.4) is 0 Å². The zero-order valence-corrected chi connectivity index (χ0v) is 15.1. The van der Waals surface area contributed by atoms with Crippen LogP contribution >= 0.6 is 12.2 Å². The molecular formula is C21H17N3O2S. The Hall–Kier alpha value is -3.51. The van der Waals surface area contributed by atoms with Gasteiger partial charge in [0.1, 0.15) is 0 Å². The van der Waals surface area contributed by atoms with Crippen LogP contribution in [0.1, 0.15) is 20.7 Å². The van der Waals surface area contributed by atoms with E-state index >= 15 is 0 Å². The van der Waals surface area contributed by atoms with E-state index in [1.807, 2.05) is 48.5 Å². The van der Waals surface area contributed by atoms with Gasteiger partial charge in [0.05, 0.1) is 0 Å². The summed E-state index contributed by atoms with van der Waals surface area (Å²) in [5.41, 5.74) is 8.00. The molecule has 0 heterocycles. The number of thiocarbonyl (C=S) groups is 1. The lowest BCUT2D eigenvalue weighted by molar-refractivity contribution is 0.0934. The van der Waals surface area contributed by atoms with E-state index in [-0.39, 0.29) is 16.9 Å². The summed E-state index contributed by atoms with van der Waals surface area (Å²) in [7, 11) is 0. The molecule has 0 fully saturated rings. The molecule has 0 atom stereocenters. The van der Waals surface area contributed by atoms with Crippen molar-refractivity contribution in [1.29, 1.82) is 0 Å². The van der Waals surface area contributed by atoms with Crippen LogP contribution in [0, 0.1) is 0 Å². The number of hydrogen-bond acceptors (Lipinski definition) is 3. The summed E-state index contributed by atoms with van der Waals surface area (Å²) >= 11 is 5.04. The standard InChI is InChI=1S/C21H17N3O2S/c25-19(18-13-11-16(12-14-18)15-7-3-1-4-8-15)22-21(27)24-23-20(26)17-9-5-2-6-10-17/h1-14H,(H,23,26)(H2,22,24,25,27). The minimum atomic E-state index is -0.360. The van der Waals surface area contributed by atoms with Crippen LogP contribution in [-0.2, 0) is 0 Å². The second-order valence-corrected chi connectivity index (χ2v) is 6.08. The third-order valence-corrected chi connectivity index (χ3v) is 4.01. The summed E-state index contributed by atoms with van der Waals surface area (Å²) < 4.78 is 0. The first kappa shape index (κ1) is 18.3. The minimum Gasteiger partial charge on any atom is -0.298 e. The third-order valence-electron chi connectivity index (χ3n) is 3.81. The highest BCUT2D eigenvalue weighted by Crippen LogP contribution is 2.19. The van der Waals surface area contributed by atoms with Crippen LogP contribution in [0.4, 0.5) is 0 Å². The molecule has 0 radical (unpaired) electrons. The van der Waals surface area contributed by atoms with E-state index in [0.717, 1.165) is 11.1 Å². The van der Waals surface area contributed by atoms with Crippen molar-refractivity contribution >= 4 is 29.1 Å². The molecule has 0 saturated heterocycles. The molecule has 3 aromatic carbocycles. The van der Waals surface area contributed by atoms with Crippen LogP contribution in [0.5, 0.6) is 0 Å². The molecule has 0 unspecified atom stereocenters. The highest BCUT2D eigenvalue weighted by atomic mass is 32.1. The Bertz CT molecular complexity index is 942. The first-order valence-corrected chi connectivity index (χ1v) is 8.66. The molecule has 2 amide bonds. The predicted molar refractivity (Wildman–Crippen MR) is 109 cm³/mol. The fourth-order valence-corrected chi connectivity index (χ4v) is 2.57. The normalized spacial score (nSPS) is 9.93. The molecular weight excluding hydrogens is 358 g/mol. The third kappa shape index (κ3) is 4.99. The van der Waals surface area contributed by atoms with Gasteiger partial charge in [0.25, 0.3) is 11.8 Å². The number of hydrogen-bond donors (Lipinski definition) is 3. The van der Waals surface area contributed by atoms with Crippen molar-refractivity contribution in [2.24, 2.45) is 0 Å². The van der Waals surface area contributed by atoms with E-state index in [4.69, 9.17) is 12.2 Å². The summed E-state index contributed by atoms with van der Waals surface area (Å²) in [6.07, 6.45) is 0. The highest BCUT2D eigenvalue weighted by Gasteiger charge is 2.09. The van der Waals surface area contributed by atoms with Crippen LogP contribution in [-0.4, -0.2) is 16.9 Å². The maximum atomic E-state index is 12.3. The summed E-state index contributed by atoms with van der Waals surface area (Å²) in [5.74, 6) is -0.708. The lowest BCUT2D eigenvalue weighted by Crippen LogP contribution is -2.48. The number of amides is 2. The van der Waals surface area contributed by atoms with Gasteiger partial charge in [-0.1, -0.05) is 60.7 Å². The Kier molecular flexibility index (Phi) is 5.91. The van der Waals surface area contributed by atoms with Gasteiger partial charge >= 0.3 is 0 Å². The molecule has 0 aliphatic carbocycles. The molecule has 0 spiro atoms. The van der Waals surface area contributed by atoms with Gasteiger partial charge in [0.15, 0.2) is 5.11 Å². The Morgan fingerprint density at radius 2 is 1.11 bits per heavy atom. The van der Waals surface area contributed by atoms with E-state index in [0.29, 0.717) is 11.1 Å². The fourth-order valence-electron chi connectivity index (χ4n) is 2.43. The second-order valence-electron chi connectivity index (χ2n) is 5.67. The topological polar surface area (TPSA) is 70.2 Å². The van der Waals surface area contributed by atoms with Crippen molar-refractivity contribution in [2.75, 3.05) is 0 Å². The van der Waals surface area contributed by atoms with Gasteiger partial charge in [-0.15, -0.1) is 0 Å². The molecule has 6 heteroatoms. The lowest BCUT2D eigenvalue weighted by Gasteiger charge is -2.11. The first-order valence-electron chi connectivity index (χ1n) is 8.26. The summed E-state index contributed by atoms with van der Waals surface area (Å²) in [6, 6.07) is 25.8. The van der Waals surface area contributed by atoms with Gasteiger partial charge in [0.2, 0.25) is 0 Å². The fraction of sp³-hybridized carbons (Fsp3) is 0. The van der Waals surface area contributed by atoms with Gasteiger partial charge in [-0.05, 0) is 47.6 Å². The monoisotopic (exact) mass is 375 g/mol. The average Bonchev–Trinajstić information content (AvgIpc) is 2.73. The Labute approximate surface area is 162 Å². The van der Waals surface area contributed by atoms with E-state index in [9.17, 15) is 9.59 Å². The molecule has 0 saturated carbocycles. The maximum absolute atomic E-state index is 12.3. The average molecular weight is 375 g/mol.